The van der Waals surface area contributed by atoms with Gasteiger partial charge in [-0.25, -0.2) is 0 Å². The van der Waals surface area contributed by atoms with Crippen molar-refractivity contribution in [2.75, 3.05) is 0 Å². The molecule has 51 valence electrons. The fraction of sp³-hybridized carbons (Fsp3) is 0.250. The SMILES string of the molecule is N#CC#N.N=C(N)N.[CH3][Hg]. The Bertz CT molecular complexity index is 125. The van der Waals surface area contributed by atoms with Crippen LogP contribution < -0.4 is 11.5 Å². The van der Waals surface area contributed by atoms with Crippen LogP contribution in [0, 0.1) is 28.1 Å². The number of nitrogens with zero attached hydrogens (tertiary/aromatic N) is 2. The number of nitriles is 2. The molecule has 0 aromatic rings. The first-order valence-electron chi connectivity index (χ1n) is 2.23. The molecule has 0 aliphatic heterocycles. The van der Waals surface area contributed by atoms with E-state index >= 15 is 0 Å². The summed E-state index contributed by atoms with van der Waals surface area (Å²) in [6, 6.07) is 2.47. The summed E-state index contributed by atoms with van der Waals surface area (Å²) in [6.45, 7) is 0. The van der Waals surface area contributed by atoms with Crippen LogP contribution in [0.15, 0.2) is 0 Å². The molecule has 0 spiro atoms. The number of hydrogen-bond donors (Lipinski definition) is 3. The van der Waals surface area contributed by atoms with Gasteiger partial charge in [-0.1, -0.05) is 0 Å². The van der Waals surface area contributed by atoms with Gasteiger partial charge in [-0.05, 0) is 0 Å². The van der Waals surface area contributed by atoms with Gasteiger partial charge >= 0.3 is 30.6 Å². The second-order valence-electron chi connectivity index (χ2n) is 0.679. The van der Waals surface area contributed by atoms with Crippen molar-refractivity contribution in [1.82, 2.24) is 0 Å². The molecule has 0 saturated heterocycles. The molecule has 6 heteroatoms. The molecular formula is C4H8HgN5. The Hall–Kier alpha value is -0.815. The van der Waals surface area contributed by atoms with Gasteiger partial charge in [0.2, 0.25) is 0 Å². The van der Waals surface area contributed by atoms with Crippen LogP contribution in [0.4, 0.5) is 0 Å². The van der Waals surface area contributed by atoms with Crippen LogP contribution in [-0.2, 0) is 26.1 Å². The van der Waals surface area contributed by atoms with Gasteiger partial charge in [0.1, 0.15) is 0 Å². The number of guanidine groups is 1. The van der Waals surface area contributed by atoms with Gasteiger partial charge in [0.25, 0.3) is 0 Å². The van der Waals surface area contributed by atoms with Gasteiger partial charge in [-0.2, -0.15) is 10.5 Å². The Kier molecular flexibility index (Phi) is 38.8. The summed E-state index contributed by atoms with van der Waals surface area (Å²) in [5.74, 6) is -0.333. The summed E-state index contributed by atoms with van der Waals surface area (Å²) < 4.78 is 2.19. The summed E-state index contributed by atoms with van der Waals surface area (Å²) in [6.07, 6.45) is 0. The predicted octanol–water partition coefficient (Wildman–Crippen LogP) is -0.547. The Balaban J connectivity index is -0.0000000787. The molecule has 0 rings (SSSR count). The molecule has 10 heavy (non-hydrogen) atoms. The molecule has 0 radical (unpaired) electrons. The quantitative estimate of drug-likeness (QED) is 0.314. The van der Waals surface area contributed by atoms with Gasteiger partial charge < -0.3 is 11.5 Å². The molecule has 0 aliphatic rings. The molecular weight excluding hydrogens is 319 g/mol. The van der Waals surface area contributed by atoms with Crippen LogP contribution in [0.25, 0.3) is 0 Å². The zero-order valence-electron chi connectivity index (χ0n) is 5.76. The van der Waals surface area contributed by atoms with Crippen LogP contribution in [0.1, 0.15) is 0 Å². The van der Waals surface area contributed by atoms with E-state index < -0.39 is 0 Å². The van der Waals surface area contributed by atoms with Gasteiger partial charge in [-0.3, -0.25) is 5.41 Å². The van der Waals surface area contributed by atoms with E-state index in [-0.39, 0.29) is 5.96 Å². The third-order valence-corrected chi connectivity index (χ3v) is 0.0500. The third-order valence-electron chi connectivity index (χ3n) is 0.0500. The predicted molar refractivity (Wildman–Crippen MR) is 33.2 cm³/mol. The van der Waals surface area contributed by atoms with E-state index in [2.05, 4.69) is 15.9 Å². The zero-order valence-corrected chi connectivity index (χ0v) is 11.3. The van der Waals surface area contributed by atoms with Crippen molar-refractivity contribution in [2.24, 2.45) is 11.5 Å². The summed E-state index contributed by atoms with van der Waals surface area (Å²) in [5.41, 5.74) is 8.94. The number of nitrogens with one attached hydrogen (secondary N) is 1. The molecule has 5 N–H and O–H groups in total. The van der Waals surface area contributed by atoms with Gasteiger partial charge in [-0.15, -0.1) is 0 Å². The van der Waals surface area contributed by atoms with E-state index in [0.29, 0.717) is 0 Å². The standard InChI is InChI=1S/C2N2.CH5N3.CH3.Hg/c3-1-2-4;2-1(3)4;;/h;(H5,2,3,4);1H3;. The normalized spacial score (nSPS) is 4.10. The summed E-state index contributed by atoms with van der Waals surface area (Å²) in [4.78, 5) is 0. The molecule has 0 unspecified atom stereocenters. The second-order valence-corrected chi connectivity index (χ2v) is 0.679. The maximum absolute atomic E-state index is 7.26. The van der Waals surface area contributed by atoms with Crippen molar-refractivity contribution in [3.8, 4) is 12.1 Å². The molecule has 0 atom stereocenters. The summed E-state index contributed by atoms with van der Waals surface area (Å²) in [5, 5.41) is 20.6. The van der Waals surface area contributed by atoms with Crippen molar-refractivity contribution < 1.29 is 26.1 Å². The molecule has 5 nitrogen and oxygen atoms in total. The monoisotopic (exact) mass is 328 g/mol. The minimum absolute atomic E-state index is 0.333. The molecule has 0 saturated carbocycles. The van der Waals surface area contributed by atoms with Crippen molar-refractivity contribution in [1.29, 1.82) is 15.9 Å². The molecule has 0 fully saturated rings. The first kappa shape index (κ1) is 16.1. The molecule has 0 aromatic heterocycles. The van der Waals surface area contributed by atoms with E-state index in [1.165, 1.54) is 12.1 Å². The molecule has 0 aromatic carbocycles. The fourth-order valence-electron chi connectivity index (χ4n) is 0. The summed E-state index contributed by atoms with van der Waals surface area (Å²) >= 11 is 1.03. The number of hydrogen-bond acceptors (Lipinski definition) is 3. The van der Waals surface area contributed by atoms with Crippen LogP contribution >= 0.6 is 0 Å². The van der Waals surface area contributed by atoms with E-state index in [4.69, 9.17) is 15.9 Å². The van der Waals surface area contributed by atoms with Crippen LogP contribution in [-0.4, -0.2) is 5.96 Å². The summed E-state index contributed by atoms with van der Waals surface area (Å²) in [7, 11) is 0. The van der Waals surface area contributed by atoms with Gasteiger partial charge in [0, 0.05) is 0 Å². The second kappa shape index (κ2) is 24.1. The average Bonchev–Trinajstić information content (AvgIpc) is 1.91. The van der Waals surface area contributed by atoms with Crippen LogP contribution in [0.3, 0.4) is 0 Å². The van der Waals surface area contributed by atoms with E-state index in [1.54, 1.807) is 0 Å². The van der Waals surface area contributed by atoms with Gasteiger partial charge in [0.05, 0.1) is 0 Å². The molecule has 0 heterocycles. The molecule has 0 amide bonds. The van der Waals surface area contributed by atoms with Crippen molar-refractivity contribution in [3.05, 3.63) is 0 Å². The first-order valence-corrected chi connectivity index (χ1v) is 7.73. The van der Waals surface area contributed by atoms with Crippen LogP contribution in [0.5, 0.6) is 0 Å². The van der Waals surface area contributed by atoms with Crippen molar-refractivity contribution in [3.63, 3.8) is 0 Å². The van der Waals surface area contributed by atoms with E-state index in [9.17, 15) is 0 Å². The topological polar surface area (TPSA) is 123 Å². The number of nitrogens with two attached hydrogens (primary N) is 2. The molecule has 0 aliphatic carbocycles. The van der Waals surface area contributed by atoms with Crippen molar-refractivity contribution in [2.45, 2.75) is 4.43 Å². The Morgan fingerprint density at radius 3 is 1.40 bits per heavy atom. The van der Waals surface area contributed by atoms with Crippen molar-refractivity contribution >= 4 is 5.96 Å². The number of rotatable bonds is 0. The average molecular weight is 327 g/mol. The third kappa shape index (κ3) is 8030. The van der Waals surface area contributed by atoms with Crippen LogP contribution in [0.2, 0.25) is 4.43 Å². The zero-order chi connectivity index (χ0) is 8.99. The van der Waals surface area contributed by atoms with Gasteiger partial charge in [0.15, 0.2) is 18.1 Å². The van der Waals surface area contributed by atoms with E-state index in [1.807, 2.05) is 0 Å². The maximum atomic E-state index is 7.26. The minimum atomic E-state index is -0.333. The first-order chi connectivity index (χ1) is 4.65. The Morgan fingerprint density at radius 1 is 1.30 bits per heavy atom. The fourth-order valence-corrected chi connectivity index (χ4v) is 0. The molecule has 0 bridgehead atoms. The van der Waals surface area contributed by atoms with E-state index in [0.717, 1.165) is 26.1 Å². The Morgan fingerprint density at radius 2 is 1.40 bits per heavy atom. The Labute approximate surface area is 76.1 Å².